The molecule has 4 nitrogen and oxygen atoms in total. The number of nitrogens with one attached hydrogen (secondary N) is 1. The Labute approximate surface area is 177 Å². The normalized spacial score (nSPS) is 12.3. The Kier molecular flexibility index (Phi) is 7.80. The molecule has 0 radical (unpaired) electrons. The molecule has 0 bridgehead atoms. The molecule has 1 atom stereocenters. The molecule has 0 unspecified atom stereocenters. The molecule has 2 rings (SSSR count). The fourth-order valence-corrected chi connectivity index (χ4v) is 3.23. The summed E-state index contributed by atoms with van der Waals surface area (Å²) in [5, 5.41) is 3.11. The van der Waals surface area contributed by atoms with E-state index >= 15 is 0 Å². The zero-order valence-electron chi connectivity index (χ0n) is 17.3. The Balaban J connectivity index is 2.22. The van der Waals surface area contributed by atoms with Gasteiger partial charge in [0.05, 0.1) is 6.42 Å². The second-order valence-corrected chi connectivity index (χ2v) is 8.52. The third-order valence-corrected chi connectivity index (χ3v) is 4.89. The zero-order valence-corrected chi connectivity index (χ0v) is 18.1. The summed E-state index contributed by atoms with van der Waals surface area (Å²) >= 11 is 6.09. The molecule has 0 fully saturated rings. The first-order valence-electron chi connectivity index (χ1n) is 9.67. The van der Waals surface area contributed by atoms with Gasteiger partial charge in [0.2, 0.25) is 11.8 Å². The summed E-state index contributed by atoms with van der Waals surface area (Å²) in [5.74, 6) is -1.12. The molecule has 0 saturated heterocycles. The van der Waals surface area contributed by atoms with Crippen LogP contribution in [-0.4, -0.2) is 34.8 Å². The van der Waals surface area contributed by atoms with Crippen molar-refractivity contribution in [1.82, 2.24) is 10.2 Å². The second kappa shape index (κ2) is 9.88. The third-order valence-electron chi connectivity index (χ3n) is 4.54. The molecule has 2 amide bonds. The minimum absolute atomic E-state index is 0.146. The van der Waals surface area contributed by atoms with E-state index in [1.807, 2.05) is 51.1 Å². The largest absolute Gasteiger partial charge is 0.350 e. The maximum absolute atomic E-state index is 14.2. The van der Waals surface area contributed by atoms with Crippen molar-refractivity contribution >= 4 is 23.4 Å². The molecule has 29 heavy (non-hydrogen) atoms. The van der Waals surface area contributed by atoms with E-state index in [2.05, 4.69) is 5.32 Å². The van der Waals surface area contributed by atoms with Crippen molar-refractivity contribution in [3.8, 4) is 0 Å². The van der Waals surface area contributed by atoms with Gasteiger partial charge in [0.1, 0.15) is 11.9 Å². The van der Waals surface area contributed by atoms with Gasteiger partial charge < -0.3 is 10.2 Å². The van der Waals surface area contributed by atoms with Gasteiger partial charge in [-0.15, -0.1) is 0 Å². The van der Waals surface area contributed by atoms with Crippen molar-refractivity contribution in [3.63, 3.8) is 0 Å². The summed E-state index contributed by atoms with van der Waals surface area (Å²) < 4.78 is 14.2. The highest BCUT2D eigenvalue weighted by atomic mass is 35.5. The average Bonchev–Trinajstić information content (AvgIpc) is 2.64. The van der Waals surface area contributed by atoms with Crippen LogP contribution in [0.15, 0.2) is 48.5 Å². The maximum atomic E-state index is 14.2. The van der Waals surface area contributed by atoms with E-state index in [9.17, 15) is 14.0 Å². The zero-order chi connectivity index (χ0) is 21.6. The predicted octanol–water partition coefficient (Wildman–Crippen LogP) is 4.40. The lowest BCUT2D eigenvalue weighted by Crippen LogP contribution is -2.53. The molecule has 0 heterocycles. The van der Waals surface area contributed by atoms with Gasteiger partial charge in [-0.05, 0) is 51.8 Å². The third kappa shape index (κ3) is 6.86. The van der Waals surface area contributed by atoms with E-state index in [-0.39, 0.29) is 28.8 Å². The number of carbonyl (C=O) groups excluding carboxylic acids is 2. The van der Waals surface area contributed by atoms with Gasteiger partial charge in [-0.1, -0.05) is 48.0 Å². The first-order chi connectivity index (χ1) is 13.6. The molecule has 0 spiro atoms. The number of benzene rings is 2. The minimum Gasteiger partial charge on any atom is -0.350 e. The average molecular weight is 419 g/mol. The van der Waals surface area contributed by atoms with Gasteiger partial charge in [0.15, 0.2) is 0 Å². The van der Waals surface area contributed by atoms with E-state index in [4.69, 9.17) is 11.6 Å². The van der Waals surface area contributed by atoms with Crippen LogP contribution in [0.2, 0.25) is 5.02 Å². The SMILES string of the molecule is C[C@H](C(=O)NC(C)(C)C)N(CCc1ccccc1)C(=O)Cc1c(F)cccc1Cl. The summed E-state index contributed by atoms with van der Waals surface area (Å²) in [6.07, 6.45) is 0.387. The first-order valence-corrected chi connectivity index (χ1v) is 10.0. The van der Waals surface area contributed by atoms with E-state index in [0.29, 0.717) is 13.0 Å². The van der Waals surface area contributed by atoms with Crippen molar-refractivity contribution in [1.29, 1.82) is 0 Å². The molecule has 2 aromatic carbocycles. The van der Waals surface area contributed by atoms with Gasteiger partial charge in [-0.25, -0.2) is 4.39 Å². The number of hydrogen-bond donors (Lipinski definition) is 1. The number of carbonyl (C=O) groups is 2. The Bertz CT molecular complexity index is 829. The molecule has 156 valence electrons. The minimum atomic E-state index is -0.698. The van der Waals surface area contributed by atoms with Crippen molar-refractivity contribution in [2.45, 2.75) is 52.1 Å². The Morgan fingerprint density at radius 2 is 1.76 bits per heavy atom. The van der Waals surface area contributed by atoms with Gasteiger partial charge in [0, 0.05) is 22.7 Å². The summed E-state index contributed by atoms with van der Waals surface area (Å²) in [4.78, 5) is 27.3. The number of amides is 2. The van der Waals surface area contributed by atoms with Crippen LogP contribution in [0, 0.1) is 5.82 Å². The molecule has 0 saturated carbocycles. The second-order valence-electron chi connectivity index (χ2n) is 8.11. The highest BCUT2D eigenvalue weighted by molar-refractivity contribution is 6.31. The Hall–Kier alpha value is -2.40. The Morgan fingerprint density at radius 3 is 2.34 bits per heavy atom. The molecule has 6 heteroatoms. The highest BCUT2D eigenvalue weighted by Gasteiger charge is 2.28. The smallest absolute Gasteiger partial charge is 0.242 e. The van der Waals surface area contributed by atoms with E-state index < -0.39 is 17.4 Å². The predicted molar refractivity (Wildman–Crippen MR) is 114 cm³/mol. The summed E-state index contributed by atoms with van der Waals surface area (Å²) in [6.45, 7) is 7.67. The number of nitrogens with zero attached hydrogens (tertiary/aromatic N) is 1. The number of halogens is 2. The lowest BCUT2D eigenvalue weighted by Gasteiger charge is -2.31. The molecule has 0 aliphatic heterocycles. The lowest BCUT2D eigenvalue weighted by molar-refractivity contribution is -0.140. The maximum Gasteiger partial charge on any atom is 0.242 e. The molecule has 0 aliphatic carbocycles. The molecule has 0 aliphatic rings. The molecular weight excluding hydrogens is 391 g/mol. The molecule has 1 N–H and O–H groups in total. The quantitative estimate of drug-likeness (QED) is 0.724. The fraction of sp³-hybridized carbons (Fsp3) is 0.391. The van der Waals surface area contributed by atoms with Gasteiger partial charge in [-0.2, -0.15) is 0 Å². The van der Waals surface area contributed by atoms with Crippen molar-refractivity contribution < 1.29 is 14.0 Å². The van der Waals surface area contributed by atoms with Crippen LogP contribution >= 0.6 is 11.6 Å². The molecule has 2 aromatic rings. The van der Waals surface area contributed by atoms with Crippen molar-refractivity contribution in [2.75, 3.05) is 6.54 Å². The standard InChI is InChI=1S/C23H28ClFN2O2/c1-16(22(29)26-23(2,3)4)27(14-13-17-9-6-5-7-10-17)21(28)15-18-19(24)11-8-12-20(18)25/h5-12,16H,13-15H2,1-4H3,(H,26,29)/t16-/m1/s1. The van der Waals surface area contributed by atoms with Crippen LogP contribution < -0.4 is 5.32 Å². The van der Waals surface area contributed by atoms with E-state index in [1.54, 1.807) is 13.0 Å². The summed E-state index contributed by atoms with van der Waals surface area (Å²) in [7, 11) is 0. The fourth-order valence-electron chi connectivity index (χ4n) is 3.00. The van der Waals surface area contributed by atoms with E-state index in [0.717, 1.165) is 5.56 Å². The summed E-state index contributed by atoms with van der Waals surface area (Å²) in [6, 6.07) is 13.3. The molecular formula is C23H28ClFN2O2. The topological polar surface area (TPSA) is 49.4 Å². The van der Waals surface area contributed by atoms with Crippen molar-refractivity contribution in [3.05, 3.63) is 70.5 Å². The van der Waals surface area contributed by atoms with Crippen LogP contribution in [0.4, 0.5) is 4.39 Å². The van der Waals surface area contributed by atoms with Crippen LogP contribution in [0.25, 0.3) is 0 Å². The monoisotopic (exact) mass is 418 g/mol. The van der Waals surface area contributed by atoms with Gasteiger partial charge in [0.25, 0.3) is 0 Å². The van der Waals surface area contributed by atoms with Crippen molar-refractivity contribution in [2.24, 2.45) is 0 Å². The number of hydrogen-bond acceptors (Lipinski definition) is 2. The lowest BCUT2D eigenvalue weighted by atomic mass is 10.1. The van der Waals surface area contributed by atoms with Crippen LogP contribution in [0.3, 0.4) is 0 Å². The van der Waals surface area contributed by atoms with Crippen LogP contribution in [0.1, 0.15) is 38.8 Å². The van der Waals surface area contributed by atoms with Crippen LogP contribution in [-0.2, 0) is 22.4 Å². The van der Waals surface area contributed by atoms with E-state index in [1.165, 1.54) is 17.0 Å². The van der Waals surface area contributed by atoms with Gasteiger partial charge >= 0.3 is 0 Å². The Morgan fingerprint density at radius 1 is 1.10 bits per heavy atom. The molecule has 0 aromatic heterocycles. The highest BCUT2D eigenvalue weighted by Crippen LogP contribution is 2.21. The summed E-state index contributed by atoms with van der Waals surface area (Å²) in [5.41, 5.74) is 0.777. The number of rotatable bonds is 7. The van der Waals surface area contributed by atoms with Crippen LogP contribution in [0.5, 0.6) is 0 Å². The van der Waals surface area contributed by atoms with Gasteiger partial charge in [-0.3, -0.25) is 9.59 Å². The first kappa shape index (κ1) is 22.9.